The number of carbonyl (C=O) groups is 1. The lowest BCUT2D eigenvalue weighted by atomic mass is 10.0. The molecule has 1 aliphatic heterocycles. The highest BCUT2D eigenvalue weighted by molar-refractivity contribution is 5.76. The van der Waals surface area contributed by atoms with Gasteiger partial charge in [0.15, 0.2) is 0 Å². The molecule has 5 heteroatoms. The van der Waals surface area contributed by atoms with E-state index in [0.717, 1.165) is 36.5 Å². The number of aromatic nitrogens is 2. The summed E-state index contributed by atoms with van der Waals surface area (Å²) in [5, 5.41) is 3.12. The summed E-state index contributed by atoms with van der Waals surface area (Å²) in [4.78, 5) is 16.5. The van der Waals surface area contributed by atoms with E-state index < -0.39 is 0 Å². The number of ether oxygens (including phenoxy) is 1. The van der Waals surface area contributed by atoms with Gasteiger partial charge in [-0.2, -0.15) is 0 Å². The number of imidazole rings is 1. The summed E-state index contributed by atoms with van der Waals surface area (Å²) in [6.07, 6.45) is 6.76. The Hall–Kier alpha value is -2.30. The minimum Gasteiger partial charge on any atom is -0.496 e. The van der Waals surface area contributed by atoms with Gasteiger partial charge in [-0.3, -0.25) is 4.79 Å². The Balaban J connectivity index is 1.51. The fourth-order valence-electron chi connectivity index (χ4n) is 2.93. The van der Waals surface area contributed by atoms with Crippen LogP contribution >= 0.6 is 0 Å². The van der Waals surface area contributed by atoms with Crippen molar-refractivity contribution in [3.8, 4) is 5.75 Å². The molecular formula is C17H21N3O2. The van der Waals surface area contributed by atoms with Gasteiger partial charge in [-0.15, -0.1) is 0 Å². The number of nitrogens with one attached hydrogen (secondary N) is 1. The molecule has 1 unspecified atom stereocenters. The van der Waals surface area contributed by atoms with Crippen molar-refractivity contribution in [2.24, 2.45) is 0 Å². The minimum absolute atomic E-state index is 0.0934. The number of hydrogen-bond donors (Lipinski definition) is 1. The van der Waals surface area contributed by atoms with Crippen LogP contribution in [0.25, 0.3) is 0 Å². The first-order valence-corrected chi connectivity index (χ1v) is 7.67. The van der Waals surface area contributed by atoms with Crippen LogP contribution < -0.4 is 10.1 Å². The van der Waals surface area contributed by atoms with Crippen LogP contribution in [0.2, 0.25) is 0 Å². The third-order valence-electron chi connectivity index (χ3n) is 4.13. The van der Waals surface area contributed by atoms with Crippen LogP contribution in [0.5, 0.6) is 5.75 Å². The van der Waals surface area contributed by atoms with E-state index in [-0.39, 0.29) is 11.9 Å². The highest BCUT2D eigenvalue weighted by Gasteiger charge is 2.20. The molecule has 116 valence electrons. The quantitative estimate of drug-likeness (QED) is 0.918. The van der Waals surface area contributed by atoms with Gasteiger partial charge in [-0.05, 0) is 24.5 Å². The van der Waals surface area contributed by atoms with Crippen LogP contribution in [0.1, 0.15) is 24.2 Å². The molecule has 0 spiro atoms. The molecular weight excluding hydrogens is 278 g/mol. The zero-order chi connectivity index (χ0) is 15.4. The monoisotopic (exact) mass is 299 g/mol. The Kier molecular flexibility index (Phi) is 4.42. The van der Waals surface area contributed by atoms with Gasteiger partial charge in [0, 0.05) is 37.8 Å². The summed E-state index contributed by atoms with van der Waals surface area (Å²) < 4.78 is 7.47. The van der Waals surface area contributed by atoms with Gasteiger partial charge >= 0.3 is 0 Å². The second kappa shape index (κ2) is 6.64. The number of fused-ring (bicyclic) bond motifs is 1. The molecule has 0 radical (unpaired) electrons. The van der Waals surface area contributed by atoms with E-state index >= 15 is 0 Å². The molecule has 0 aliphatic carbocycles. The fourth-order valence-corrected chi connectivity index (χ4v) is 2.93. The number of hydrogen-bond acceptors (Lipinski definition) is 3. The third kappa shape index (κ3) is 3.30. The van der Waals surface area contributed by atoms with Crippen LogP contribution in [0, 0.1) is 0 Å². The predicted octanol–water partition coefficient (Wildman–Crippen LogP) is 1.96. The molecule has 1 N–H and O–H groups in total. The van der Waals surface area contributed by atoms with E-state index in [4.69, 9.17) is 4.74 Å². The van der Waals surface area contributed by atoms with Crippen molar-refractivity contribution < 1.29 is 9.53 Å². The van der Waals surface area contributed by atoms with Crippen molar-refractivity contribution in [1.82, 2.24) is 14.9 Å². The number of carbonyl (C=O) groups excluding carboxylic acids is 1. The molecule has 2 aromatic rings. The lowest BCUT2D eigenvalue weighted by molar-refractivity contribution is -0.121. The second-order valence-electron chi connectivity index (χ2n) is 5.61. The van der Waals surface area contributed by atoms with Crippen molar-refractivity contribution in [1.29, 1.82) is 0 Å². The predicted molar refractivity (Wildman–Crippen MR) is 83.8 cm³/mol. The summed E-state index contributed by atoms with van der Waals surface area (Å²) in [6, 6.07) is 8.03. The number of nitrogens with zero attached hydrogens (tertiary/aromatic N) is 2. The number of benzene rings is 1. The van der Waals surface area contributed by atoms with Gasteiger partial charge in [0.05, 0.1) is 7.11 Å². The zero-order valence-corrected chi connectivity index (χ0v) is 12.8. The molecule has 5 nitrogen and oxygen atoms in total. The van der Waals surface area contributed by atoms with Gasteiger partial charge in [0.1, 0.15) is 11.6 Å². The zero-order valence-electron chi connectivity index (χ0n) is 12.8. The van der Waals surface area contributed by atoms with E-state index in [1.165, 1.54) is 0 Å². The average molecular weight is 299 g/mol. The van der Waals surface area contributed by atoms with Crippen LogP contribution in [-0.4, -0.2) is 28.6 Å². The largest absolute Gasteiger partial charge is 0.496 e. The highest BCUT2D eigenvalue weighted by Crippen LogP contribution is 2.19. The smallest absolute Gasteiger partial charge is 0.220 e. The third-order valence-corrected chi connectivity index (χ3v) is 4.13. The van der Waals surface area contributed by atoms with Gasteiger partial charge in [0.2, 0.25) is 5.91 Å². The average Bonchev–Trinajstić information content (AvgIpc) is 3.01. The van der Waals surface area contributed by atoms with Crippen molar-refractivity contribution in [3.05, 3.63) is 48.0 Å². The number of aryl methyl sites for hydroxylation is 2. The maximum atomic E-state index is 12.2. The van der Waals surface area contributed by atoms with Gasteiger partial charge in [-0.25, -0.2) is 4.98 Å². The van der Waals surface area contributed by atoms with Crippen molar-refractivity contribution in [3.63, 3.8) is 0 Å². The molecule has 2 heterocycles. The highest BCUT2D eigenvalue weighted by atomic mass is 16.5. The molecule has 0 bridgehead atoms. The molecule has 3 rings (SSSR count). The first-order valence-electron chi connectivity index (χ1n) is 7.67. The van der Waals surface area contributed by atoms with E-state index in [9.17, 15) is 4.79 Å². The number of rotatable bonds is 5. The molecule has 1 aliphatic rings. The second-order valence-corrected chi connectivity index (χ2v) is 5.61. The lowest BCUT2D eigenvalue weighted by Gasteiger charge is -2.24. The van der Waals surface area contributed by atoms with Gasteiger partial charge in [-0.1, -0.05) is 18.2 Å². The van der Waals surface area contributed by atoms with Crippen molar-refractivity contribution in [2.75, 3.05) is 7.11 Å². The fraction of sp³-hybridized carbons (Fsp3) is 0.412. The topological polar surface area (TPSA) is 56.1 Å². The van der Waals surface area contributed by atoms with E-state index in [0.29, 0.717) is 12.8 Å². The SMILES string of the molecule is COc1ccccc1CCC(=O)NC1CCn2ccnc2C1. The number of para-hydroxylation sites is 1. The maximum absolute atomic E-state index is 12.2. The molecule has 22 heavy (non-hydrogen) atoms. The van der Waals surface area contributed by atoms with E-state index in [1.807, 2.05) is 36.7 Å². The Morgan fingerprint density at radius 2 is 2.32 bits per heavy atom. The molecule has 1 aromatic heterocycles. The molecule has 1 amide bonds. The number of methoxy groups -OCH3 is 1. The molecule has 0 fully saturated rings. The summed E-state index contributed by atoms with van der Waals surface area (Å²) >= 11 is 0. The maximum Gasteiger partial charge on any atom is 0.220 e. The van der Waals surface area contributed by atoms with Crippen molar-refractivity contribution >= 4 is 5.91 Å². The van der Waals surface area contributed by atoms with Gasteiger partial charge in [0.25, 0.3) is 0 Å². The van der Waals surface area contributed by atoms with Gasteiger partial charge < -0.3 is 14.6 Å². The molecule has 0 saturated heterocycles. The van der Waals surface area contributed by atoms with Crippen LogP contribution in [-0.2, 0) is 24.2 Å². The van der Waals surface area contributed by atoms with Crippen molar-refractivity contribution in [2.45, 2.75) is 38.3 Å². The van der Waals surface area contributed by atoms with E-state index in [1.54, 1.807) is 7.11 Å². The number of amides is 1. The molecule has 1 atom stereocenters. The van der Waals surface area contributed by atoms with E-state index in [2.05, 4.69) is 14.9 Å². The van der Waals surface area contributed by atoms with Crippen LogP contribution in [0.3, 0.4) is 0 Å². The van der Waals surface area contributed by atoms with Crippen LogP contribution in [0.15, 0.2) is 36.7 Å². The first-order chi connectivity index (χ1) is 10.8. The first kappa shape index (κ1) is 14.6. The minimum atomic E-state index is 0.0934. The lowest BCUT2D eigenvalue weighted by Crippen LogP contribution is -2.40. The molecule has 1 aromatic carbocycles. The normalized spacial score (nSPS) is 16.9. The van der Waals surface area contributed by atoms with Crippen LogP contribution in [0.4, 0.5) is 0 Å². The standard InChI is InChI=1S/C17H21N3O2/c1-22-15-5-3-2-4-13(15)6-7-17(21)19-14-8-10-20-11-9-18-16(20)12-14/h2-5,9,11,14H,6-8,10,12H2,1H3,(H,19,21). The summed E-state index contributed by atoms with van der Waals surface area (Å²) in [7, 11) is 1.66. The summed E-state index contributed by atoms with van der Waals surface area (Å²) in [5.41, 5.74) is 1.07. The summed E-state index contributed by atoms with van der Waals surface area (Å²) in [6.45, 7) is 0.923. The Labute approximate surface area is 130 Å². The Bertz CT molecular complexity index is 651. The Morgan fingerprint density at radius 1 is 1.45 bits per heavy atom. The molecule has 0 saturated carbocycles. The Morgan fingerprint density at radius 3 is 3.18 bits per heavy atom. The summed E-state index contributed by atoms with van der Waals surface area (Å²) in [5.74, 6) is 1.99.